The maximum atomic E-state index is 13.3. The van der Waals surface area contributed by atoms with Crippen LogP contribution in [0.15, 0.2) is 24.3 Å². The van der Waals surface area contributed by atoms with E-state index in [0.29, 0.717) is 25.8 Å². The van der Waals surface area contributed by atoms with E-state index < -0.39 is 0 Å². The van der Waals surface area contributed by atoms with Crippen LogP contribution in [0.4, 0.5) is 9.18 Å². The number of hydrogen-bond donors (Lipinski definition) is 2. The van der Waals surface area contributed by atoms with Crippen molar-refractivity contribution < 1.29 is 13.9 Å². The third-order valence-corrected chi connectivity index (χ3v) is 5.68. The molecule has 0 bridgehead atoms. The molecule has 2 fully saturated rings. The molecule has 4 nitrogen and oxygen atoms in total. The van der Waals surface area contributed by atoms with Crippen LogP contribution >= 0.6 is 0 Å². The van der Waals surface area contributed by atoms with Gasteiger partial charge in [-0.15, -0.1) is 0 Å². The summed E-state index contributed by atoms with van der Waals surface area (Å²) in [4.78, 5) is 12.4. The van der Waals surface area contributed by atoms with Gasteiger partial charge in [-0.3, -0.25) is 0 Å². The summed E-state index contributed by atoms with van der Waals surface area (Å²) in [5, 5.41) is 6.21. The highest BCUT2D eigenvalue weighted by molar-refractivity contribution is 5.74. The number of ether oxygens (including phenoxy) is 1. The van der Waals surface area contributed by atoms with Crippen LogP contribution in [0.5, 0.6) is 0 Å². The average Bonchev–Trinajstić information content (AvgIpc) is 2.90. The molecule has 0 atom stereocenters. The van der Waals surface area contributed by atoms with Gasteiger partial charge in [0, 0.05) is 31.2 Å². The fourth-order valence-corrected chi connectivity index (χ4v) is 4.04. The van der Waals surface area contributed by atoms with Gasteiger partial charge in [0.05, 0.1) is 0 Å². The number of hydrogen-bond acceptors (Lipinski definition) is 2. The van der Waals surface area contributed by atoms with Gasteiger partial charge < -0.3 is 15.4 Å². The zero-order valence-electron chi connectivity index (χ0n) is 14.9. The number of halogens is 1. The molecule has 0 unspecified atom stereocenters. The number of urea groups is 1. The molecule has 2 N–H and O–H groups in total. The third-order valence-electron chi connectivity index (χ3n) is 5.68. The Balaban J connectivity index is 1.60. The van der Waals surface area contributed by atoms with Crippen molar-refractivity contribution in [2.24, 2.45) is 0 Å². The predicted octanol–water partition coefficient (Wildman–Crippen LogP) is 3.90. The van der Waals surface area contributed by atoms with Gasteiger partial charge in [-0.25, -0.2) is 9.18 Å². The van der Waals surface area contributed by atoms with Crippen molar-refractivity contribution in [3.8, 4) is 0 Å². The maximum absolute atomic E-state index is 13.3. The summed E-state index contributed by atoms with van der Waals surface area (Å²) in [7, 11) is 0. The average molecular weight is 348 g/mol. The highest BCUT2D eigenvalue weighted by atomic mass is 19.1. The lowest BCUT2D eigenvalue weighted by Crippen LogP contribution is -2.49. The smallest absolute Gasteiger partial charge is 0.315 e. The highest BCUT2D eigenvalue weighted by Gasteiger charge is 2.35. The molecule has 5 heteroatoms. The second-order valence-corrected chi connectivity index (χ2v) is 7.42. The minimum atomic E-state index is -0.231. The summed E-state index contributed by atoms with van der Waals surface area (Å²) < 4.78 is 18.8. The Labute approximate surface area is 149 Å². The Kier molecular flexibility index (Phi) is 6.29. The van der Waals surface area contributed by atoms with Gasteiger partial charge in [0.1, 0.15) is 5.82 Å². The summed E-state index contributed by atoms with van der Waals surface area (Å²) >= 11 is 0. The number of amides is 2. The number of carbonyl (C=O) groups is 1. The fraction of sp³-hybridized carbons (Fsp3) is 0.650. The van der Waals surface area contributed by atoms with E-state index in [1.807, 2.05) is 12.1 Å². The van der Waals surface area contributed by atoms with E-state index in [-0.39, 0.29) is 17.3 Å². The molecule has 1 aromatic carbocycles. The van der Waals surface area contributed by atoms with E-state index in [1.54, 1.807) is 0 Å². The summed E-state index contributed by atoms with van der Waals surface area (Å²) in [6.07, 6.45) is 8.75. The normalized spacial score (nSPS) is 21.3. The van der Waals surface area contributed by atoms with E-state index >= 15 is 0 Å². The van der Waals surface area contributed by atoms with Crippen molar-refractivity contribution in [2.75, 3.05) is 19.8 Å². The summed E-state index contributed by atoms with van der Waals surface area (Å²) in [6, 6.07) is 6.88. The Morgan fingerprint density at radius 1 is 1.08 bits per heavy atom. The molecule has 0 radical (unpaired) electrons. The largest absolute Gasteiger partial charge is 0.381 e. The van der Waals surface area contributed by atoms with E-state index in [1.165, 1.54) is 37.8 Å². The number of carbonyl (C=O) groups excluding carboxylic acids is 1. The Hall–Kier alpha value is -1.62. The monoisotopic (exact) mass is 348 g/mol. The summed E-state index contributed by atoms with van der Waals surface area (Å²) in [5.41, 5.74) is 0.902. The molecule has 1 aliphatic heterocycles. The zero-order valence-corrected chi connectivity index (χ0v) is 14.9. The van der Waals surface area contributed by atoms with Crippen LogP contribution in [0, 0.1) is 5.82 Å². The molecule has 3 rings (SSSR count). The Bertz CT molecular complexity index is 547. The Morgan fingerprint density at radius 3 is 2.36 bits per heavy atom. The Morgan fingerprint density at radius 2 is 1.72 bits per heavy atom. The van der Waals surface area contributed by atoms with Gasteiger partial charge >= 0.3 is 6.03 Å². The van der Waals surface area contributed by atoms with E-state index in [2.05, 4.69) is 10.6 Å². The lowest BCUT2D eigenvalue weighted by Gasteiger charge is -2.38. The second kappa shape index (κ2) is 8.65. The number of rotatable bonds is 4. The van der Waals surface area contributed by atoms with Crippen LogP contribution in [0.25, 0.3) is 0 Å². The topological polar surface area (TPSA) is 50.4 Å². The van der Waals surface area contributed by atoms with Gasteiger partial charge in [-0.05, 0) is 43.4 Å². The first kappa shape index (κ1) is 18.2. The molecular formula is C20H29FN2O2. The summed E-state index contributed by atoms with van der Waals surface area (Å²) in [5.74, 6) is -0.231. The molecule has 25 heavy (non-hydrogen) atoms. The predicted molar refractivity (Wildman–Crippen MR) is 96.2 cm³/mol. The molecule has 1 aliphatic carbocycles. The first-order valence-electron chi connectivity index (χ1n) is 9.56. The SMILES string of the molecule is O=C(NCC1(c2ccc(F)cc2)CCOCC1)NC1CCCCCC1. The van der Waals surface area contributed by atoms with E-state index in [9.17, 15) is 9.18 Å². The summed E-state index contributed by atoms with van der Waals surface area (Å²) in [6.45, 7) is 1.90. The molecule has 0 spiro atoms. The molecule has 1 heterocycles. The molecule has 0 aromatic heterocycles. The van der Waals surface area contributed by atoms with Gasteiger partial charge in [0.15, 0.2) is 0 Å². The second-order valence-electron chi connectivity index (χ2n) is 7.42. The van der Waals surface area contributed by atoms with Crippen LogP contribution in [0.2, 0.25) is 0 Å². The van der Waals surface area contributed by atoms with Gasteiger partial charge in [-0.2, -0.15) is 0 Å². The fourth-order valence-electron chi connectivity index (χ4n) is 4.04. The van der Waals surface area contributed by atoms with Crippen molar-refractivity contribution in [1.82, 2.24) is 10.6 Å². The first-order chi connectivity index (χ1) is 12.2. The molecule has 138 valence electrons. The highest BCUT2D eigenvalue weighted by Crippen LogP contribution is 2.34. The van der Waals surface area contributed by atoms with Gasteiger partial charge in [-0.1, -0.05) is 37.8 Å². The standard InChI is InChI=1S/C20H29FN2O2/c21-17-9-7-16(8-10-17)20(11-13-25-14-12-20)15-22-19(24)23-18-5-3-1-2-4-6-18/h7-10,18H,1-6,11-15H2,(H2,22,23,24). The first-order valence-corrected chi connectivity index (χ1v) is 9.56. The quantitative estimate of drug-likeness (QED) is 0.811. The maximum Gasteiger partial charge on any atom is 0.315 e. The zero-order chi connectivity index (χ0) is 17.5. The molecule has 1 aromatic rings. The van der Waals surface area contributed by atoms with Crippen LogP contribution in [-0.2, 0) is 10.2 Å². The van der Waals surface area contributed by atoms with Crippen molar-refractivity contribution in [3.05, 3.63) is 35.6 Å². The van der Waals surface area contributed by atoms with E-state index in [4.69, 9.17) is 4.74 Å². The van der Waals surface area contributed by atoms with E-state index in [0.717, 1.165) is 31.2 Å². The van der Waals surface area contributed by atoms with Crippen LogP contribution in [-0.4, -0.2) is 31.8 Å². The molecular weight excluding hydrogens is 319 g/mol. The third kappa shape index (κ3) is 4.94. The van der Waals surface area contributed by atoms with Gasteiger partial charge in [0.25, 0.3) is 0 Å². The minimum Gasteiger partial charge on any atom is -0.381 e. The number of benzene rings is 1. The van der Waals surface area contributed by atoms with Crippen molar-refractivity contribution in [1.29, 1.82) is 0 Å². The molecule has 1 saturated heterocycles. The molecule has 1 saturated carbocycles. The molecule has 2 amide bonds. The van der Waals surface area contributed by atoms with Crippen LogP contribution in [0.3, 0.4) is 0 Å². The number of nitrogens with one attached hydrogen (secondary N) is 2. The lowest BCUT2D eigenvalue weighted by molar-refractivity contribution is 0.0506. The van der Waals surface area contributed by atoms with Crippen molar-refractivity contribution >= 4 is 6.03 Å². The van der Waals surface area contributed by atoms with Crippen molar-refractivity contribution in [2.45, 2.75) is 62.8 Å². The van der Waals surface area contributed by atoms with Crippen LogP contribution in [0.1, 0.15) is 56.9 Å². The lowest BCUT2D eigenvalue weighted by atomic mass is 9.74. The van der Waals surface area contributed by atoms with Gasteiger partial charge in [0.2, 0.25) is 0 Å². The minimum absolute atomic E-state index is 0.0834. The van der Waals surface area contributed by atoms with Crippen LogP contribution < -0.4 is 10.6 Å². The molecule has 2 aliphatic rings. The van der Waals surface area contributed by atoms with Crippen molar-refractivity contribution in [3.63, 3.8) is 0 Å².